The number of rotatable bonds is 5. The quantitative estimate of drug-likeness (QED) is 0.689. The molecule has 3 aliphatic rings. The number of likely N-dealkylation sites (N-methyl/N-ethyl adjacent to an activating group) is 1. The zero-order valence-electron chi connectivity index (χ0n) is 20.8. The van der Waals surface area contributed by atoms with Crippen molar-refractivity contribution in [2.45, 2.75) is 44.4 Å². The molecule has 0 radical (unpaired) electrons. The predicted octanol–water partition coefficient (Wildman–Crippen LogP) is 4.35. The third-order valence-electron chi connectivity index (χ3n) is 7.47. The van der Waals surface area contributed by atoms with E-state index in [9.17, 15) is 0 Å². The molecule has 2 fully saturated rings. The number of ether oxygens (including phenoxy) is 1. The van der Waals surface area contributed by atoms with E-state index in [1.807, 2.05) is 7.11 Å². The normalized spacial score (nSPS) is 23.3. The average molecular weight is 463 g/mol. The number of nitrogens with one attached hydrogen (secondary N) is 2. The maximum absolute atomic E-state index is 5.54. The van der Waals surface area contributed by atoms with Crippen molar-refractivity contribution in [1.82, 2.24) is 9.80 Å². The molecule has 34 heavy (non-hydrogen) atoms. The Hall–Kier alpha value is -2.77. The third kappa shape index (κ3) is 5.15. The molecule has 7 nitrogen and oxygen atoms in total. The minimum absolute atomic E-state index is 0.410. The van der Waals surface area contributed by atoms with Crippen LogP contribution in [0.15, 0.2) is 47.5 Å². The topological polar surface area (TPSA) is 55.4 Å². The highest BCUT2D eigenvalue weighted by molar-refractivity contribution is 5.98. The average Bonchev–Trinajstić information content (AvgIpc) is 2.86. The van der Waals surface area contributed by atoms with Gasteiger partial charge >= 0.3 is 0 Å². The molecule has 0 amide bonds. The van der Waals surface area contributed by atoms with Crippen molar-refractivity contribution in [3.05, 3.63) is 48.0 Å². The van der Waals surface area contributed by atoms with Crippen molar-refractivity contribution < 1.29 is 4.74 Å². The molecule has 2 aromatic rings. The lowest BCUT2D eigenvalue weighted by Crippen LogP contribution is -2.44. The van der Waals surface area contributed by atoms with Crippen LogP contribution >= 0.6 is 0 Å². The summed E-state index contributed by atoms with van der Waals surface area (Å²) in [5.74, 6) is 0.886. The smallest absolute Gasteiger partial charge is 0.203 e. The Morgan fingerprint density at radius 1 is 0.912 bits per heavy atom. The van der Waals surface area contributed by atoms with Crippen LogP contribution in [0.2, 0.25) is 0 Å². The van der Waals surface area contributed by atoms with E-state index < -0.39 is 0 Å². The van der Waals surface area contributed by atoms with Gasteiger partial charge in [0.15, 0.2) is 0 Å². The molecule has 2 heterocycles. The zero-order chi connectivity index (χ0) is 23.5. The number of hydrogen-bond donors (Lipinski definition) is 2. The van der Waals surface area contributed by atoms with Crippen LogP contribution in [0.25, 0.3) is 0 Å². The van der Waals surface area contributed by atoms with E-state index in [4.69, 9.17) is 9.73 Å². The van der Waals surface area contributed by atoms with Crippen molar-refractivity contribution in [3.8, 4) is 0 Å². The SMILES string of the molecule is COC1CCC(Nc2cccc3c2N=C(Nc2ccc(N4CCN(C)CC4)cc2)N(C)C3)CC1. The summed E-state index contributed by atoms with van der Waals surface area (Å²) in [5, 5.41) is 7.34. The number of fused-ring (bicyclic) bond motifs is 1. The fourth-order valence-corrected chi connectivity index (χ4v) is 5.22. The minimum Gasteiger partial charge on any atom is -0.381 e. The van der Waals surface area contributed by atoms with Crippen LogP contribution in [-0.2, 0) is 11.3 Å². The van der Waals surface area contributed by atoms with Crippen molar-refractivity contribution in [2.75, 3.05) is 62.9 Å². The summed E-state index contributed by atoms with van der Waals surface area (Å²) in [6, 6.07) is 15.7. The van der Waals surface area contributed by atoms with E-state index in [1.165, 1.54) is 11.3 Å². The highest BCUT2D eigenvalue weighted by atomic mass is 16.5. The van der Waals surface area contributed by atoms with E-state index >= 15 is 0 Å². The third-order valence-corrected chi connectivity index (χ3v) is 7.47. The summed E-state index contributed by atoms with van der Waals surface area (Å²) in [6.45, 7) is 5.24. The molecule has 2 aromatic carbocycles. The van der Waals surface area contributed by atoms with Crippen molar-refractivity contribution in [1.29, 1.82) is 0 Å². The Morgan fingerprint density at radius 3 is 2.35 bits per heavy atom. The molecule has 1 aliphatic carbocycles. The molecule has 7 heteroatoms. The number of piperazine rings is 1. The van der Waals surface area contributed by atoms with Gasteiger partial charge in [-0.2, -0.15) is 0 Å². The molecule has 2 aliphatic heterocycles. The lowest BCUT2D eigenvalue weighted by molar-refractivity contribution is 0.0682. The van der Waals surface area contributed by atoms with E-state index in [-0.39, 0.29) is 0 Å². The predicted molar refractivity (Wildman–Crippen MR) is 141 cm³/mol. The van der Waals surface area contributed by atoms with Gasteiger partial charge in [-0.15, -0.1) is 0 Å². The number of guanidine groups is 1. The van der Waals surface area contributed by atoms with Crippen molar-refractivity contribution >= 4 is 28.7 Å². The van der Waals surface area contributed by atoms with Gasteiger partial charge in [0.1, 0.15) is 0 Å². The highest BCUT2D eigenvalue weighted by Gasteiger charge is 2.24. The van der Waals surface area contributed by atoms with E-state index in [1.54, 1.807) is 0 Å². The molecular weight excluding hydrogens is 424 g/mol. The first-order valence-corrected chi connectivity index (χ1v) is 12.6. The number of anilines is 3. The first-order chi connectivity index (χ1) is 16.6. The lowest BCUT2D eigenvalue weighted by atomic mass is 9.92. The Bertz CT molecular complexity index is 991. The molecular formula is C27H38N6O. The summed E-state index contributed by atoms with van der Waals surface area (Å²) in [7, 11) is 6.11. The summed E-state index contributed by atoms with van der Waals surface area (Å²) >= 11 is 0. The fourth-order valence-electron chi connectivity index (χ4n) is 5.22. The molecule has 5 rings (SSSR count). The first-order valence-electron chi connectivity index (χ1n) is 12.6. The number of benzene rings is 2. The minimum atomic E-state index is 0.410. The van der Waals surface area contributed by atoms with Crippen LogP contribution < -0.4 is 15.5 Å². The van der Waals surface area contributed by atoms with Crippen LogP contribution in [0.1, 0.15) is 31.2 Å². The largest absolute Gasteiger partial charge is 0.381 e. The van der Waals surface area contributed by atoms with Gasteiger partial charge in [-0.25, -0.2) is 4.99 Å². The second kappa shape index (κ2) is 10.2. The molecule has 0 bridgehead atoms. The second-order valence-electron chi connectivity index (χ2n) is 9.92. The second-order valence-corrected chi connectivity index (χ2v) is 9.92. The van der Waals surface area contributed by atoms with Gasteiger partial charge in [0, 0.05) is 64.3 Å². The Balaban J connectivity index is 1.29. The molecule has 1 saturated heterocycles. The Labute approximate surface area is 203 Å². The van der Waals surface area contributed by atoms with Gasteiger partial charge in [0.05, 0.1) is 17.5 Å². The first kappa shape index (κ1) is 23.0. The Morgan fingerprint density at radius 2 is 1.65 bits per heavy atom. The van der Waals surface area contributed by atoms with E-state index in [0.717, 1.165) is 81.4 Å². The maximum Gasteiger partial charge on any atom is 0.203 e. The van der Waals surface area contributed by atoms with E-state index in [0.29, 0.717) is 12.1 Å². The lowest BCUT2D eigenvalue weighted by Gasteiger charge is -2.34. The van der Waals surface area contributed by atoms with Gasteiger partial charge in [0.2, 0.25) is 5.96 Å². The molecule has 0 atom stereocenters. The number of nitrogens with zero attached hydrogens (tertiary/aromatic N) is 4. The zero-order valence-corrected chi connectivity index (χ0v) is 20.8. The molecule has 0 aromatic heterocycles. The summed E-state index contributed by atoms with van der Waals surface area (Å²) in [4.78, 5) is 12.1. The van der Waals surface area contributed by atoms with Gasteiger partial charge in [0.25, 0.3) is 0 Å². The standard InChI is InChI=1S/C27H38N6O/c1-31-15-17-33(18-16-31)23-11-7-22(8-12-23)29-27-30-26-20(19-32(27)2)5-4-6-25(26)28-21-9-13-24(34-3)14-10-21/h4-8,11-12,21,24,28H,9-10,13-19H2,1-3H3,(H,29,30). The summed E-state index contributed by atoms with van der Waals surface area (Å²) in [6.07, 6.45) is 4.92. The van der Waals surface area contributed by atoms with Crippen LogP contribution in [0.4, 0.5) is 22.7 Å². The monoisotopic (exact) mass is 462 g/mol. The summed E-state index contributed by atoms with van der Waals surface area (Å²) in [5.41, 5.74) is 5.81. The molecule has 1 saturated carbocycles. The Kier molecular flexibility index (Phi) is 6.92. The number of hydrogen-bond acceptors (Lipinski definition) is 7. The number of para-hydroxylation sites is 1. The molecule has 0 unspecified atom stereocenters. The van der Waals surface area contributed by atoms with Crippen LogP contribution in [0, 0.1) is 0 Å². The van der Waals surface area contributed by atoms with Crippen LogP contribution in [-0.4, -0.2) is 75.3 Å². The van der Waals surface area contributed by atoms with Gasteiger partial charge in [-0.3, -0.25) is 0 Å². The van der Waals surface area contributed by atoms with Crippen molar-refractivity contribution in [2.24, 2.45) is 4.99 Å². The van der Waals surface area contributed by atoms with Gasteiger partial charge in [-0.05, 0) is 68.6 Å². The highest BCUT2D eigenvalue weighted by Crippen LogP contribution is 2.35. The van der Waals surface area contributed by atoms with Gasteiger partial charge < -0.3 is 30.1 Å². The maximum atomic E-state index is 5.54. The fraction of sp³-hybridized carbons (Fsp3) is 0.519. The molecule has 0 spiro atoms. The summed E-state index contributed by atoms with van der Waals surface area (Å²) < 4.78 is 5.54. The van der Waals surface area contributed by atoms with Crippen molar-refractivity contribution in [3.63, 3.8) is 0 Å². The van der Waals surface area contributed by atoms with Crippen LogP contribution in [0.3, 0.4) is 0 Å². The van der Waals surface area contributed by atoms with Gasteiger partial charge in [-0.1, -0.05) is 12.1 Å². The molecule has 2 N–H and O–H groups in total. The number of methoxy groups -OCH3 is 1. The van der Waals surface area contributed by atoms with Crippen LogP contribution in [0.5, 0.6) is 0 Å². The van der Waals surface area contributed by atoms with E-state index in [2.05, 4.69) is 81.9 Å². The molecule has 182 valence electrons. The number of aliphatic imine (C=N–C) groups is 1.